The van der Waals surface area contributed by atoms with E-state index in [1.165, 1.54) is 0 Å². The number of rotatable bonds is 4. The molecule has 0 bridgehead atoms. The van der Waals surface area contributed by atoms with Crippen LogP contribution in [0.5, 0.6) is 0 Å². The Hall–Kier alpha value is -0.810. The lowest BCUT2D eigenvalue weighted by molar-refractivity contribution is 0.0327. The summed E-state index contributed by atoms with van der Waals surface area (Å²) in [6, 6.07) is 7.69. The molecule has 0 aromatic heterocycles. The quantitative estimate of drug-likeness (QED) is 0.812. The second-order valence-electron chi connectivity index (χ2n) is 5.05. The summed E-state index contributed by atoms with van der Waals surface area (Å²) < 4.78 is 0. The molecular weight excluding hydrogens is 264 g/mol. The van der Waals surface area contributed by atoms with Gasteiger partial charge in [0.1, 0.15) is 6.10 Å². The molecule has 1 heterocycles. The Bertz CT molecular complexity index is 391. The molecule has 0 radical (unpaired) electrons. The number of benzene rings is 1. The third kappa shape index (κ3) is 3.60. The predicted octanol–water partition coefficient (Wildman–Crippen LogP) is 1.07. The zero-order chi connectivity index (χ0) is 13.8. The van der Waals surface area contributed by atoms with Crippen LogP contribution in [0.15, 0.2) is 24.3 Å². The summed E-state index contributed by atoms with van der Waals surface area (Å²) in [5.74, 6) is 0.0291. The number of anilines is 1. The average Bonchev–Trinajstić information content (AvgIpc) is 2.46. The smallest absolute Gasteiger partial charge is 0.106 e. The third-order valence-corrected chi connectivity index (χ3v) is 3.94. The van der Waals surface area contributed by atoms with E-state index in [0.29, 0.717) is 5.56 Å². The van der Waals surface area contributed by atoms with Crippen LogP contribution >= 0.6 is 11.6 Å². The monoisotopic (exact) mass is 284 g/mol. The highest BCUT2D eigenvalue weighted by molar-refractivity contribution is 6.18. The SMILES string of the molecule is CN1CCN(c2ccc(C(O)C(O)CCl)cc2)CC1. The molecular formula is C14H21ClN2O2. The lowest BCUT2D eigenvalue weighted by Crippen LogP contribution is -2.44. The van der Waals surface area contributed by atoms with Crippen molar-refractivity contribution >= 4 is 17.3 Å². The fourth-order valence-corrected chi connectivity index (χ4v) is 2.42. The van der Waals surface area contributed by atoms with E-state index in [1.807, 2.05) is 24.3 Å². The molecule has 0 aliphatic carbocycles. The van der Waals surface area contributed by atoms with Gasteiger partial charge in [0.25, 0.3) is 0 Å². The molecule has 1 aliphatic rings. The van der Waals surface area contributed by atoms with Crippen LogP contribution < -0.4 is 4.90 Å². The Labute approximate surface area is 119 Å². The average molecular weight is 285 g/mol. The van der Waals surface area contributed by atoms with Crippen LogP contribution in [0.1, 0.15) is 11.7 Å². The van der Waals surface area contributed by atoms with Crippen LogP contribution in [0.3, 0.4) is 0 Å². The fourth-order valence-electron chi connectivity index (χ4n) is 2.25. The first-order valence-corrected chi connectivity index (χ1v) is 7.11. The van der Waals surface area contributed by atoms with E-state index in [1.54, 1.807) is 0 Å². The van der Waals surface area contributed by atoms with Crippen LogP contribution in [0.2, 0.25) is 0 Å². The topological polar surface area (TPSA) is 46.9 Å². The van der Waals surface area contributed by atoms with Gasteiger partial charge in [-0.1, -0.05) is 12.1 Å². The van der Waals surface area contributed by atoms with E-state index in [9.17, 15) is 10.2 Å². The lowest BCUT2D eigenvalue weighted by Gasteiger charge is -2.34. The molecule has 2 atom stereocenters. The molecule has 1 aliphatic heterocycles. The number of piperazine rings is 1. The molecule has 2 N–H and O–H groups in total. The Morgan fingerprint density at radius 3 is 2.21 bits per heavy atom. The maximum atomic E-state index is 9.87. The molecule has 1 aromatic rings. The van der Waals surface area contributed by atoms with Crippen LogP contribution in [0, 0.1) is 0 Å². The molecule has 0 saturated carbocycles. The number of hydrogen-bond donors (Lipinski definition) is 2. The van der Waals surface area contributed by atoms with Gasteiger partial charge in [0.05, 0.1) is 12.0 Å². The number of aliphatic hydroxyl groups excluding tert-OH is 2. The van der Waals surface area contributed by atoms with Gasteiger partial charge in [-0.2, -0.15) is 0 Å². The molecule has 2 unspecified atom stereocenters. The van der Waals surface area contributed by atoms with E-state index >= 15 is 0 Å². The van der Waals surface area contributed by atoms with Crippen molar-refractivity contribution in [2.75, 3.05) is 44.0 Å². The number of nitrogens with zero attached hydrogens (tertiary/aromatic N) is 2. The molecule has 5 heteroatoms. The first-order chi connectivity index (χ1) is 9.11. The maximum Gasteiger partial charge on any atom is 0.106 e. The molecule has 1 fully saturated rings. The third-order valence-electron chi connectivity index (χ3n) is 3.63. The van der Waals surface area contributed by atoms with Gasteiger partial charge < -0.3 is 20.0 Å². The Morgan fingerprint density at radius 1 is 1.11 bits per heavy atom. The van der Waals surface area contributed by atoms with Crippen molar-refractivity contribution in [2.24, 2.45) is 0 Å². The maximum absolute atomic E-state index is 9.87. The van der Waals surface area contributed by atoms with Gasteiger partial charge in [-0.25, -0.2) is 0 Å². The zero-order valence-corrected chi connectivity index (χ0v) is 11.9. The van der Waals surface area contributed by atoms with E-state index in [4.69, 9.17) is 11.6 Å². The van der Waals surface area contributed by atoms with Gasteiger partial charge >= 0.3 is 0 Å². The standard InChI is InChI=1S/C14H21ClN2O2/c1-16-6-8-17(9-7-16)12-4-2-11(3-5-12)14(19)13(18)10-15/h2-5,13-14,18-19H,6-10H2,1H3. The van der Waals surface area contributed by atoms with Gasteiger partial charge in [-0.3, -0.25) is 0 Å². The van der Waals surface area contributed by atoms with Gasteiger partial charge in [0.2, 0.25) is 0 Å². The van der Waals surface area contributed by atoms with Crippen molar-refractivity contribution < 1.29 is 10.2 Å². The number of aliphatic hydroxyl groups is 2. The van der Waals surface area contributed by atoms with Crippen LogP contribution in [-0.4, -0.2) is 60.3 Å². The number of halogens is 1. The minimum atomic E-state index is -0.920. The van der Waals surface area contributed by atoms with Crippen LogP contribution in [0.25, 0.3) is 0 Å². The van der Waals surface area contributed by atoms with E-state index < -0.39 is 12.2 Å². The number of likely N-dealkylation sites (N-methyl/N-ethyl adjacent to an activating group) is 1. The molecule has 1 aromatic carbocycles. The van der Waals surface area contributed by atoms with E-state index in [-0.39, 0.29) is 5.88 Å². The number of hydrogen-bond acceptors (Lipinski definition) is 4. The molecule has 0 spiro atoms. The second kappa shape index (κ2) is 6.57. The zero-order valence-electron chi connectivity index (χ0n) is 11.2. The van der Waals surface area contributed by atoms with Crippen molar-refractivity contribution in [1.29, 1.82) is 0 Å². The summed E-state index contributed by atoms with van der Waals surface area (Å²) >= 11 is 5.54. The van der Waals surface area contributed by atoms with Gasteiger partial charge in [0.15, 0.2) is 0 Å². The summed E-state index contributed by atoms with van der Waals surface area (Å²) in [6.07, 6.45) is -1.84. The Balaban J connectivity index is 2.02. The summed E-state index contributed by atoms with van der Waals surface area (Å²) in [5.41, 5.74) is 1.86. The summed E-state index contributed by atoms with van der Waals surface area (Å²) in [5, 5.41) is 19.4. The van der Waals surface area contributed by atoms with Crippen molar-refractivity contribution in [3.05, 3.63) is 29.8 Å². The first kappa shape index (κ1) is 14.6. The molecule has 106 valence electrons. The summed E-state index contributed by atoms with van der Waals surface area (Å²) in [7, 11) is 2.13. The Morgan fingerprint density at radius 2 is 1.68 bits per heavy atom. The first-order valence-electron chi connectivity index (χ1n) is 6.57. The Kier molecular flexibility index (Phi) is 5.05. The highest BCUT2D eigenvalue weighted by Gasteiger charge is 2.18. The van der Waals surface area contributed by atoms with E-state index in [2.05, 4.69) is 16.8 Å². The minimum Gasteiger partial charge on any atom is -0.389 e. The lowest BCUT2D eigenvalue weighted by atomic mass is 10.0. The molecule has 4 nitrogen and oxygen atoms in total. The van der Waals surface area contributed by atoms with Gasteiger partial charge in [-0.05, 0) is 24.7 Å². The van der Waals surface area contributed by atoms with Crippen LogP contribution in [0.4, 0.5) is 5.69 Å². The summed E-state index contributed by atoms with van der Waals surface area (Å²) in [4.78, 5) is 4.64. The second-order valence-corrected chi connectivity index (χ2v) is 5.36. The van der Waals surface area contributed by atoms with Gasteiger partial charge in [-0.15, -0.1) is 11.6 Å². The molecule has 2 rings (SSSR count). The molecule has 1 saturated heterocycles. The van der Waals surface area contributed by atoms with E-state index in [0.717, 1.165) is 31.9 Å². The minimum absolute atomic E-state index is 0.0291. The number of alkyl halides is 1. The summed E-state index contributed by atoms with van der Waals surface area (Å²) in [6.45, 7) is 4.16. The largest absolute Gasteiger partial charge is 0.389 e. The van der Waals surface area contributed by atoms with Crippen LogP contribution in [-0.2, 0) is 0 Å². The predicted molar refractivity (Wildman–Crippen MR) is 77.8 cm³/mol. The van der Waals surface area contributed by atoms with Crippen molar-refractivity contribution in [3.63, 3.8) is 0 Å². The van der Waals surface area contributed by atoms with Crippen molar-refractivity contribution in [2.45, 2.75) is 12.2 Å². The van der Waals surface area contributed by atoms with Gasteiger partial charge in [0, 0.05) is 31.9 Å². The normalized spacial score (nSPS) is 20.3. The molecule has 0 amide bonds. The van der Waals surface area contributed by atoms with Crippen molar-refractivity contribution in [3.8, 4) is 0 Å². The molecule has 19 heavy (non-hydrogen) atoms. The fraction of sp³-hybridized carbons (Fsp3) is 0.571. The highest BCUT2D eigenvalue weighted by atomic mass is 35.5. The highest BCUT2D eigenvalue weighted by Crippen LogP contribution is 2.22. The van der Waals surface area contributed by atoms with Crippen molar-refractivity contribution in [1.82, 2.24) is 4.90 Å².